The zero-order valence-corrected chi connectivity index (χ0v) is 18.3. The van der Waals surface area contributed by atoms with Crippen LogP contribution in [0.4, 0.5) is 0 Å². The minimum atomic E-state index is -1.52. The van der Waals surface area contributed by atoms with Crippen molar-refractivity contribution in [3.63, 3.8) is 0 Å². The number of unbranched alkanes of at least 4 members (excludes halogenated alkanes) is 2. The predicted octanol–water partition coefficient (Wildman–Crippen LogP) is 6.59. The molecule has 0 heterocycles. The van der Waals surface area contributed by atoms with Crippen LogP contribution in [0.25, 0.3) is 0 Å². The van der Waals surface area contributed by atoms with Crippen molar-refractivity contribution in [2.45, 2.75) is 103 Å². The Labute approximate surface area is 142 Å². The van der Waals surface area contributed by atoms with Crippen LogP contribution in [-0.2, 0) is 8.85 Å². The average Bonchev–Trinajstić information content (AvgIpc) is 2.57. The van der Waals surface area contributed by atoms with Crippen LogP contribution in [0.15, 0.2) is 0 Å². The average molecular weight is 347 g/mol. The molecule has 2 nitrogen and oxygen atoms in total. The monoisotopic (exact) mass is 346 g/mol. The maximum Gasteiger partial charge on any atom is 0.192 e. The van der Waals surface area contributed by atoms with Crippen LogP contribution in [-0.4, -0.2) is 29.8 Å². The predicted molar refractivity (Wildman–Crippen MR) is 105 cm³/mol. The summed E-state index contributed by atoms with van der Waals surface area (Å²) in [6, 6.07) is 7.70. The van der Waals surface area contributed by atoms with E-state index in [1.165, 1.54) is 61.9 Å². The fourth-order valence-corrected chi connectivity index (χ4v) is 11.4. The lowest BCUT2D eigenvalue weighted by molar-refractivity contribution is 0.283. The second-order valence-corrected chi connectivity index (χ2v) is 15.8. The largest absolute Gasteiger partial charge is 0.417 e. The summed E-state index contributed by atoms with van der Waals surface area (Å²) < 4.78 is 13.0. The second-order valence-electron chi connectivity index (χ2n) is 6.68. The molecule has 0 atom stereocenters. The summed E-state index contributed by atoms with van der Waals surface area (Å²) in [5.41, 5.74) is 0. The molecule has 0 amide bonds. The lowest BCUT2D eigenvalue weighted by Gasteiger charge is -2.35. The van der Waals surface area contributed by atoms with Crippen molar-refractivity contribution in [1.82, 2.24) is 0 Å². The molecule has 0 unspecified atom stereocenters. The van der Waals surface area contributed by atoms with E-state index in [1.807, 2.05) is 0 Å². The molecule has 0 spiro atoms. The van der Waals surface area contributed by atoms with E-state index < -0.39 is 16.6 Å². The Kier molecular flexibility index (Phi) is 12.9. The molecule has 0 fully saturated rings. The Bertz CT molecular complexity index is 225. The van der Waals surface area contributed by atoms with E-state index in [-0.39, 0.29) is 0 Å². The van der Waals surface area contributed by atoms with E-state index >= 15 is 0 Å². The number of rotatable bonds is 15. The second kappa shape index (κ2) is 12.7. The highest BCUT2D eigenvalue weighted by molar-refractivity contribution is 6.79. The van der Waals surface area contributed by atoms with Gasteiger partial charge in [0.15, 0.2) is 16.6 Å². The molecule has 134 valence electrons. The van der Waals surface area contributed by atoms with Crippen molar-refractivity contribution < 1.29 is 8.85 Å². The molecule has 0 aliphatic heterocycles. The third-order valence-electron chi connectivity index (χ3n) is 5.43. The third kappa shape index (κ3) is 7.76. The van der Waals surface area contributed by atoms with E-state index in [1.54, 1.807) is 0 Å². The van der Waals surface area contributed by atoms with Gasteiger partial charge in [-0.1, -0.05) is 54.4 Å². The van der Waals surface area contributed by atoms with Crippen molar-refractivity contribution in [2.24, 2.45) is 0 Å². The van der Waals surface area contributed by atoms with E-state index in [2.05, 4.69) is 41.5 Å². The fraction of sp³-hybridized carbons (Fsp3) is 1.00. The molecule has 0 aromatic carbocycles. The SMILES string of the molecule is CCCCO[Si](CC)(CC)CC[Si](CC)(CC)OCCCC. The zero-order valence-electron chi connectivity index (χ0n) is 16.3. The lowest BCUT2D eigenvalue weighted by Crippen LogP contribution is -2.43. The quantitative estimate of drug-likeness (QED) is 0.246. The Morgan fingerprint density at radius 2 is 0.864 bits per heavy atom. The minimum Gasteiger partial charge on any atom is -0.417 e. The molecule has 0 saturated heterocycles. The van der Waals surface area contributed by atoms with E-state index in [0.717, 1.165) is 13.2 Å². The van der Waals surface area contributed by atoms with Crippen LogP contribution in [0.2, 0.25) is 36.3 Å². The normalized spacial score (nSPS) is 12.8. The van der Waals surface area contributed by atoms with Crippen molar-refractivity contribution in [1.29, 1.82) is 0 Å². The molecule has 0 rings (SSSR count). The lowest BCUT2D eigenvalue weighted by atomic mass is 10.4. The highest BCUT2D eigenvalue weighted by Crippen LogP contribution is 2.32. The molecular formula is C18H42O2Si2. The summed E-state index contributed by atoms with van der Waals surface area (Å²) in [6.45, 7) is 15.8. The van der Waals surface area contributed by atoms with Gasteiger partial charge < -0.3 is 8.85 Å². The molecule has 0 aromatic heterocycles. The summed E-state index contributed by atoms with van der Waals surface area (Å²) >= 11 is 0. The van der Waals surface area contributed by atoms with Crippen molar-refractivity contribution in [2.75, 3.05) is 13.2 Å². The van der Waals surface area contributed by atoms with Gasteiger partial charge in [0.05, 0.1) is 0 Å². The number of hydrogen-bond donors (Lipinski definition) is 0. The Morgan fingerprint density at radius 3 is 1.09 bits per heavy atom. The summed E-state index contributed by atoms with van der Waals surface area (Å²) in [5, 5.41) is 0. The highest BCUT2D eigenvalue weighted by atomic mass is 28.4. The van der Waals surface area contributed by atoms with Gasteiger partial charge in [-0.15, -0.1) is 0 Å². The van der Waals surface area contributed by atoms with Gasteiger partial charge in [-0.3, -0.25) is 0 Å². The third-order valence-corrected chi connectivity index (χ3v) is 15.0. The van der Waals surface area contributed by atoms with E-state index in [0.29, 0.717) is 0 Å². The maximum absolute atomic E-state index is 6.48. The zero-order chi connectivity index (χ0) is 16.9. The molecule has 22 heavy (non-hydrogen) atoms. The molecule has 0 saturated carbocycles. The Hall–Kier alpha value is 0.354. The van der Waals surface area contributed by atoms with Gasteiger partial charge in [0.25, 0.3) is 0 Å². The van der Waals surface area contributed by atoms with Crippen LogP contribution in [0.3, 0.4) is 0 Å². The summed E-state index contributed by atoms with van der Waals surface area (Å²) in [4.78, 5) is 0. The minimum absolute atomic E-state index is 0.980. The van der Waals surface area contributed by atoms with Gasteiger partial charge in [0.1, 0.15) is 0 Å². The van der Waals surface area contributed by atoms with Crippen LogP contribution in [0, 0.1) is 0 Å². The van der Waals surface area contributed by atoms with Crippen molar-refractivity contribution in [3.8, 4) is 0 Å². The smallest absolute Gasteiger partial charge is 0.192 e. The van der Waals surface area contributed by atoms with Crippen LogP contribution < -0.4 is 0 Å². The molecule has 0 aliphatic carbocycles. The molecule has 0 radical (unpaired) electrons. The maximum atomic E-state index is 6.48. The first-order chi connectivity index (χ1) is 10.6. The first-order valence-electron chi connectivity index (χ1n) is 9.85. The summed E-state index contributed by atoms with van der Waals surface area (Å²) in [7, 11) is -3.03. The van der Waals surface area contributed by atoms with Gasteiger partial charge in [-0.05, 0) is 49.1 Å². The Morgan fingerprint density at radius 1 is 0.545 bits per heavy atom. The summed E-state index contributed by atoms with van der Waals surface area (Å²) in [6.07, 6.45) is 4.90. The van der Waals surface area contributed by atoms with E-state index in [4.69, 9.17) is 8.85 Å². The van der Waals surface area contributed by atoms with Gasteiger partial charge in [0.2, 0.25) is 0 Å². The van der Waals surface area contributed by atoms with Crippen molar-refractivity contribution >= 4 is 16.6 Å². The first-order valence-corrected chi connectivity index (χ1v) is 14.9. The van der Waals surface area contributed by atoms with Gasteiger partial charge >= 0.3 is 0 Å². The van der Waals surface area contributed by atoms with Crippen LogP contribution in [0.5, 0.6) is 0 Å². The van der Waals surface area contributed by atoms with E-state index in [9.17, 15) is 0 Å². The highest BCUT2D eigenvalue weighted by Gasteiger charge is 2.37. The molecule has 0 aliphatic rings. The standard InChI is InChI=1S/C18H42O2Si2/c1-7-13-15-19-21(9-3,10-4)17-18-22(11-5,12-6)20-16-14-8-2/h7-18H2,1-6H3. The Balaban J connectivity index is 4.66. The molecule has 0 bridgehead atoms. The van der Waals surface area contributed by atoms with Gasteiger partial charge in [-0.2, -0.15) is 0 Å². The van der Waals surface area contributed by atoms with Gasteiger partial charge in [-0.25, -0.2) is 0 Å². The topological polar surface area (TPSA) is 18.5 Å². The fourth-order valence-electron chi connectivity index (χ4n) is 3.08. The number of hydrogen-bond acceptors (Lipinski definition) is 2. The van der Waals surface area contributed by atoms with Crippen LogP contribution >= 0.6 is 0 Å². The molecule has 0 N–H and O–H groups in total. The van der Waals surface area contributed by atoms with Crippen molar-refractivity contribution in [3.05, 3.63) is 0 Å². The van der Waals surface area contributed by atoms with Gasteiger partial charge in [0, 0.05) is 13.2 Å². The van der Waals surface area contributed by atoms with Crippen LogP contribution in [0.1, 0.15) is 67.2 Å². The first kappa shape index (κ1) is 22.4. The molecule has 0 aromatic rings. The molecule has 4 heteroatoms. The summed E-state index contributed by atoms with van der Waals surface area (Å²) in [5.74, 6) is 0. The molecular weight excluding hydrogens is 304 g/mol.